The lowest BCUT2D eigenvalue weighted by Gasteiger charge is -2.35. The second-order valence-electron chi connectivity index (χ2n) is 4.79. The van der Waals surface area contributed by atoms with Crippen molar-refractivity contribution in [3.05, 3.63) is 35.4 Å². The maximum atomic E-state index is 9.25. The molecule has 0 aliphatic carbocycles. The number of benzene rings is 1. The highest BCUT2D eigenvalue weighted by Gasteiger charge is 2.23. The molecule has 18 heavy (non-hydrogen) atoms. The van der Waals surface area contributed by atoms with Gasteiger partial charge in [-0.1, -0.05) is 31.5 Å². The Balaban J connectivity index is 2.25. The standard InChI is InChI=1S/C15H21N3/c1-2-5-15(18-10-8-17-9-11-18)14-7-4-3-6-13(14)12-16/h3-4,6-7,15,17H,2,5,8-11H2,1H3/t15-/m1/s1. The van der Waals surface area contributed by atoms with E-state index in [9.17, 15) is 5.26 Å². The van der Waals surface area contributed by atoms with Crippen molar-refractivity contribution in [2.45, 2.75) is 25.8 Å². The molecule has 3 heteroatoms. The lowest BCUT2D eigenvalue weighted by Crippen LogP contribution is -2.45. The number of rotatable bonds is 4. The van der Waals surface area contributed by atoms with E-state index in [4.69, 9.17) is 0 Å². The fourth-order valence-electron chi connectivity index (χ4n) is 2.69. The highest BCUT2D eigenvalue weighted by atomic mass is 15.2. The largest absolute Gasteiger partial charge is 0.314 e. The van der Waals surface area contributed by atoms with E-state index in [2.05, 4.69) is 29.3 Å². The van der Waals surface area contributed by atoms with E-state index in [-0.39, 0.29) is 0 Å². The maximum absolute atomic E-state index is 9.25. The fraction of sp³-hybridized carbons (Fsp3) is 0.533. The van der Waals surface area contributed by atoms with Crippen molar-refractivity contribution in [3.63, 3.8) is 0 Å². The van der Waals surface area contributed by atoms with Crippen LogP contribution in [0.5, 0.6) is 0 Å². The van der Waals surface area contributed by atoms with Crippen LogP contribution in [0.2, 0.25) is 0 Å². The SMILES string of the molecule is CCC[C@H](c1ccccc1C#N)N1CCNCC1. The van der Waals surface area contributed by atoms with Crippen LogP contribution in [0.25, 0.3) is 0 Å². The molecule has 3 nitrogen and oxygen atoms in total. The summed E-state index contributed by atoms with van der Waals surface area (Å²) in [6.07, 6.45) is 2.27. The minimum atomic E-state index is 0.396. The van der Waals surface area contributed by atoms with E-state index in [0.717, 1.165) is 44.6 Å². The second-order valence-corrected chi connectivity index (χ2v) is 4.79. The van der Waals surface area contributed by atoms with Gasteiger partial charge in [0.2, 0.25) is 0 Å². The number of piperazine rings is 1. The first-order valence-electron chi connectivity index (χ1n) is 6.80. The summed E-state index contributed by atoms with van der Waals surface area (Å²) in [5.41, 5.74) is 2.03. The summed E-state index contributed by atoms with van der Waals surface area (Å²) < 4.78 is 0. The smallest absolute Gasteiger partial charge is 0.0995 e. The molecule has 1 saturated heterocycles. The topological polar surface area (TPSA) is 39.1 Å². The highest BCUT2D eigenvalue weighted by molar-refractivity contribution is 5.39. The molecule has 1 aliphatic heterocycles. The van der Waals surface area contributed by atoms with Crippen LogP contribution in [0.15, 0.2) is 24.3 Å². The van der Waals surface area contributed by atoms with E-state index in [1.54, 1.807) is 0 Å². The van der Waals surface area contributed by atoms with Crippen molar-refractivity contribution in [1.82, 2.24) is 10.2 Å². The molecule has 0 saturated carbocycles. The first-order chi connectivity index (χ1) is 8.86. The van der Waals surface area contributed by atoms with Gasteiger partial charge in [0.25, 0.3) is 0 Å². The van der Waals surface area contributed by atoms with Gasteiger partial charge in [0, 0.05) is 32.2 Å². The van der Waals surface area contributed by atoms with Gasteiger partial charge in [-0.25, -0.2) is 0 Å². The Hall–Kier alpha value is -1.37. The van der Waals surface area contributed by atoms with E-state index in [1.165, 1.54) is 5.56 Å². The van der Waals surface area contributed by atoms with Crippen LogP contribution in [0.3, 0.4) is 0 Å². The van der Waals surface area contributed by atoms with Gasteiger partial charge in [0.1, 0.15) is 0 Å². The molecule has 1 aliphatic rings. The van der Waals surface area contributed by atoms with Crippen molar-refractivity contribution in [1.29, 1.82) is 5.26 Å². The fourth-order valence-corrected chi connectivity index (χ4v) is 2.69. The van der Waals surface area contributed by atoms with Crippen LogP contribution < -0.4 is 5.32 Å². The van der Waals surface area contributed by atoms with Crippen molar-refractivity contribution >= 4 is 0 Å². The molecule has 0 amide bonds. The third kappa shape index (κ3) is 2.90. The summed E-state index contributed by atoms with van der Waals surface area (Å²) in [6.45, 7) is 6.46. The molecule has 1 heterocycles. The van der Waals surface area contributed by atoms with E-state index in [0.29, 0.717) is 6.04 Å². The molecule has 0 radical (unpaired) electrons. The first kappa shape index (κ1) is 13.1. The van der Waals surface area contributed by atoms with Gasteiger partial charge in [-0.05, 0) is 18.1 Å². The third-order valence-electron chi connectivity index (χ3n) is 3.59. The van der Waals surface area contributed by atoms with Gasteiger partial charge in [-0.3, -0.25) is 4.90 Å². The zero-order valence-corrected chi connectivity index (χ0v) is 11.0. The molecule has 1 atom stereocenters. The van der Waals surface area contributed by atoms with Gasteiger partial charge in [0.15, 0.2) is 0 Å². The number of nitrogens with zero attached hydrogens (tertiary/aromatic N) is 2. The summed E-state index contributed by atoms with van der Waals surface area (Å²) in [7, 11) is 0. The van der Waals surface area contributed by atoms with Gasteiger partial charge in [0.05, 0.1) is 11.6 Å². The molecule has 1 aromatic rings. The van der Waals surface area contributed by atoms with Crippen molar-refractivity contribution in [3.8, 4) is 6.07 Å². The Morgan fingerprint density at radius 3 is 2.72 bits per heavy atom. The molecule has 1 fully saturated rings. The Morgan fingerprint density at radius 2 is 2.06 bits per heavy atom. The molecule has 1 N–H and O–H groups in total. The summed E-state index contributed by atoms with van der Waals surface area (Å²) in [6, 6.07) is 10.8. The highest BCUT2D eigenvalue weighted by Crippen LogP contribution is 2.28. The minimum Gasteiger partial charge on any atom is -0.314 e. The van der Waals surface area contributed by atoms with E-state index < -0.39 is 0 Å². The van der Waals surface area contributed by atoms with Gasteiger partial charge >= 0.3 is 0 Å². The number of nitrogens with one attached hydrogen (secondary N) is 1. The Kier molecular flexibility index (Phi) is 4.74. The quantitative estimate of drug-likeness (QED) is 0.882. The van der Waals surface area contributed by atoms with Crippen LogP contribution in [0.1, 0.15) is 36.9 Å². The minimum absolute atomic E-state index is 0.396. The lowest BCUT2D eigenvalue weighted by molar-refractivity contribution is 0.164. The summed E-state index contributed by atoms with van der Waals surface area (Å²) in [5.74, 6) is 0. The average Bonchev–Trinajstić information content (AvgIpc) is 2.46. The van der Waals surface area contributed by atoms with Gasteiger partial charge < -0.3 is 5.32 Å². The van der Waals surface area contributed by atoms with Crippen LogP contribution in [-0.2, 0) is 0 Å². The second kappa shape index (κ2) is 6.53. The Morgan fingerprint density at radius 1 is 1.33 bits per heavy atom. The molecule has 0 aromatic heterocycles. The van der Waals surface area contributed by atoms with Crippen molar-refractivity contribution in [2.24, 2.45) is 0 Å². The van der Waals surface area contributed by atoms with Crippen LogP contribution in [0, 0.1) is 11.3 Å². The lowest BCUT2D eigenvalue weighted by atomic mass is 9.95. The molecule has 0 spiro atoms. The molecular formula is C15H21N3. The molecular weight excluding hydrogens is 222 g/mol. The molecule has 0 unspecified atom stereocenters. The number of hydrogen-bond donors (Lipinski definition) is 1. The molecule has 1 aromatic carbocycles. The third-order valence-corrected chi connectivity index (χ3v) is 3.59. The summed E-state index contributed by atoms with van der Waals surface area (Å²) in [5, 5.41) is 12.6. The van der Waals surface area contributed by atoms with Crippen LogP contribution >= 0.6 is 0 Å². The molecule has 0 bridgehead atoms. The van der Waals surface area contributed by atoms with Crippen LogP contribution in [0.4, 0.5) is 0 Å². The number of nitriles is 1. The molecule has 2 rings (SSSR count). The van der Waals surface area contributed by atoms with E-state index in [1.807, 2.05) is 18.2 Å². The van der Waals surface area contributed by atoms with Crippen molar-refractivity contribution in [2.75, 3.05) is 26.2 Å². The molecule has 96 valence electrons. The summed E-state index contributed by atoms with van der Waals surface area (Å²) >= 11 is 0. The zero-order chi connectivity index (χ0) is 12.8. The summed E-state index contributed by atoms with van der Waals surface area (Å²) in [4.78, 5) is 2.51. The normalized spacial score (nSPS) is 18.2. The van der Waals surface area contributed by atoms with Gasteiger partial charge in [-0.15, -0.1) is 0 Å². The van der Waals surface area contributed by atoms with Crippen molar-refractivity contribution < 1.29 is 0 Å². The number of hydrogen-bond acceptors (Lipinski definition) is 3. The Bertz CT molecular complexity index is 416. The van der Waals surface area contributed by atoms with Gasteiger partial charge in [-0.2, -0.15) is 5.26 Å². The Labute approximate surface area is 109 Å². The first-order valence-corrected chi connectivity index (χ1v) is 6.80. The predicted octanol–water partition coefficient (Wildman–Crippen LogP) is 2.30. The zero-order valence-electron chi connectivity index (χ0n) is 11.0. The maximum Gasteiger partial charge on any atom is 0.0995 e. The monoisotopic (exact) mass is 243 g/mol. The van der Waals surface area contributed by atoms with Crippen LogP contribution in [-0.4, -0.2) is 31.1 Å². The van der Waals surface area contributed by atoms with E-state index >= 15 is 0 Å². The predicted molar refractivity (Wildman–Crippen MR) is 73.2 cm³/mol. The average molecular weight is 243 g/mol.